The minimum absolute atomic E-state index is 0.232. The second-order valence-electron chi connectivity index (χ2n) is 6.67. The molecule has 1 amide bonds. The minimum atomic E-state index is -0.232. The maximum absolute atomic E-state index is 12.7. The molecule has 2 heterocycles. The van der Waals surface area contributed by atoms with Crippen LogP contribution in [0.15, 0.2) is 23.0 Å². The number of amides is 1. The zero-order valence-electron chi connectivity index (χ0n) is 16.5. The van der Waals surface area contributed by atoms with Crippen LogP contribution >= 0.6 is 34.5 Å². The van der Waals surface area contributed by atoms with Gasteiger partial charge in [-0.25, -0.2) is 9.67 Å². The van der Waals surface area contributed by atoms with E-state index < -0.39 is 0 Å². The van der Waals surface area contributed by atoms with Crippen molar-refractivity contribution in [2.75, 3.05) is 6.54 Å². The van der Waals surface area contributed by atoms with Crippen molar-refractivity contribution in [3.8, 4) is 10.6 Å². The summed E-state index contributed by atoms with van der Waals surface area (Å²) in [6, 6.07) is 5.42. The fourth-order valence-electron chi connectivity index (χ4n) is 2.95. The normalized spacial score (nSPS) is 11.0. The lowest BCUT2D eigenvalue weighted by Gasteiger charge is -2.07. The van der Waals surface area contributed by atoms with E-state index in [1.165, 1.54) is 16.0 Å². The first kappa shape index (κ1) is 21.5. The minimum Gasteiger partial charge on any atom is -0.351 e. The Hall–Kier alpha value is -2.22. The first-order valence-corrected chi connectivity index (χ1v) is 10.5. The first-order valence-electron chi connectivity index (χ1n) is 8.94. The smallest absolute Gasteiger partial charge is 0.277 e. The zero-order valence-corrected chi connectivity index (χ0v) is 18.8. The molecule has 0 fully saturated rings. The quantitative estimate of drug-likeness (QED) is 0.634. The summed E-state index contributed by atoms with van der Waals surface area (Å²) in [6.45, 7) is 5.84. The highest BCUT2D eigenvalue weighted by Crippen LogP contribution is 2.29. The summed E-state index contributed by atoms with van der Waals surface area (Å²) in [5, 5.41) is 8.58. The molecule has 1 N–H and O–H groups in total. The van der Waals surface area contributed by atoms with E-state index in [0.29, 0.717) is 44.2 Å². The highest BCUT2D eigenvalue weighted by molar-refractivity contribution is 7.17. The molecule has 0 radical (unpaired) electrons. The summed E-state index contributed by atoms with van der Waals surface area (Å²) in [4.78, 5) is 30.2. The van der Waals surface area contributed by atoms with Gasteiger partial charge in [-0.3, -0.25) is 9.59 Å². The van der Waals surface area contributed by atoms with Crippen LogP contribution in [0.1, 0.15) is 32.2 Å². The molecule has 0 aliphatic heterocycles. The lowest BCUT2D eigenvalue weighted by Crippen LogP contribution is -2.25. The zero-order chi connectivity index (χ0) is 21.3. The predicted molar refractivity (Wildman–Crippen MR) is 117 cm³/mol. The van der Waals surface area contributed by atoms with Crippen molar-refractivity contribution < 1.29 is 4.79 Å². The summed E-state index contributed by atoms with van der Waals surface area (Å²) in [7, 11) is 1.60. The lowest BCUT2D eigenvalue weighted by atomic mass is 10.1. The van der Waals surface area contributed by atoms with Crippen LogP contribution < -0.4 is 10.9 Å². The topological polar surface area (TPSA) is 76.9 Å². The molecule has 2 aromatic heterocycles. The van der Waals surface area contributed by atoms with E-state index in [1.54, 1.807) is 20.0 Å². The van der Waals surface area contributed by atoms with Gasteiger partial charge < -0.3 is 5.32 Å². The number of nitrogens with one attached hydrogen (secondary N) is 1. The molecule has 29 heavy (non-hydrogen) atoms. The van der Waals surface area contributed by atoms with E-state index in [-0.39, 0.29) is 11.5 Å². The summed E-state index contributed by atoms with van der Waals surface area (Å²) < 4.78 is 1.29. The van der Waals surface area contributed by atoms with Crippen LogP contribution in [-0.2, 0) is 13.5 Å². The summed E-state index contributed by atoms with van der Waals surface area (Å²) in [5.41, 5.74) is 3.22. The summed E-state index contributed by atoms with van der Waals surface area (Å²) in [6.07, 6.45) is 0.555. The van der Waals surface area contributed by atoms with Crippen molar-refractivity contribution in [2.45, 2.75) is 27.2 Å². The average molecular weight is 451 g/mol. The van der Waals surface area contributed by atoms with Gasteiger partial charge in [0, 0.05) is 13.6 Å². The monoisotopic (exact) mass is 450 g/mol. The standard InChI is InChI=1S/C20H20Cl2N4O2S/c1-10-11(2)25-26(4)20(28)15(10)19-24-12(3)17(29-19)18(27)23-9-8-13-6-5-7-14(21)16(13)22/h5-7H,8-9H2,1-4H3,(H,23,27). The van der Waals surface area contributed by atoms with Crippen LogP contribution in [0.4, 0.5) is 0 Å². The Labute approximate surface area is 182 Å². The number of carbonyl (C=O) groups is 1. The van der Waals surface area contributed by atoms with Crippen LogP contribution in [-0.4, -0.2) is 27.2 Å². The van der Waals surface area contributed by atoms with Gasteiger partial charge in [0.05, 0.1) is 27.0 Å². The molecule has 1 aromatic carbocycles. The van der Waals surface area contributed by atoms with Crippen LogP contribution in [0.25, 0.3) is 10.6 Å². The fourth-order valence-corrected chi connectivity index (χ4v) is 4.44. The van der Waals surface area contributed by atoms with Gasteiger partial charge >= 0.3 is 0 Å². The maximum atomic E-state index is 12.7. The molecule has 6 nitrogen and oxygen atoms in total. The Morgan fingerprint density at radius 3 is 2.66 bits per heavy atom. The maximum Gasteiger partial charge on any atom is 0.277 e. The van der Waals surface area contributed by atoms with Crippen LogP contribution in [0.5, 0.6) is 0 Å². The van der Waals surface area contributed by atoms with Gasteiger partial charge in [-0.15, -0.1) is 11.3 Å². The Bertz CT molecular complexity index is 1150. The Kier molecular flexibility index (Phi) is 6.41. The third kappa shape index (κ3) is 4.37. The van der Waals surface area contributed by atoms with Gasteiger partial charge in [-0.2, -0.15) is 5.10 Å². The van der Waals surface area contributed by atoms with Crippen LogP contribution in [0.2, 0.25) is 10.0 Å². The molecule has 0 unspecified atom stereocenters. The number of thiazole rings is 1. The highest BCUT2D eigenvalue weighted by atomic mass is 35.5. The molecule has 9 heteroatoms. The second kappa shape index (κ2) is 8.65. The van der Waals surface area contributed by atoms with Gasteiger partial charge in [0.1, 0.15) is 9.88 Å². The second-order valence-corrected chi connectivity index (χ2v) is 8.45. The van der Waals surface area contributed by atoms with E-state index in [1.807, 2.05) is 26.0 Å². The van der Waals surface area contributed by atoms with E-state index in [2.05, 4.69) is 15.4 Å². The predicted octanol–water partition coefficient (Wildman–Crippen LogP) is 4.11. The molecule has 3 rings (SSSR count). The largest absolute Gasteiger partial charge is 0.351 e. The first-order chi connectivity index (χ1) is 13.7. The lowest BCUT2D eigenvalue weighted by molar-refractivity contribution is 0.0957. The van der Waals surface area contributed by atoms with E-state index >= 15 is 0 Å². The molecule has 0 saturated heterocycles. The van der Waals surface area contributed by atoms with Crippen molar-refractivity contribution in [3.63, 3.8) is 0 Å². The number of hydrogen-bond acceptors (Lipinski definition) is 5. The van der Waals surface area contributed by atoms with Crippen LogP contribution in [0.3, 0.4) is 0 Å². The Balaban J connectivity index is 1.80. The number of rotatable bonds is 5. The van der Waals surface area contributed by atoms with Crippen molar-refractivity contribution in [3.05, 3.63) is 66.0 Å². The summed E-state index contributed by atoms with van der Waals surface area (Å²) >= 11 is 13.4. The molecular weight excluding hydrogens is 431 g/mol. The van der Waals surface area contributed by atoms with E-state index in [4.69, 9.17) is 23.2 Å². The molecule has 0 aliphatic carbocycles. The number of hydrogen-bond donors (Lipinski definition) is 1. The molecule has 152 valence electrons. The van der Waals surface area contributed by atoms with Crippen LogP contribution in [0, 0.1) is 20.8 Å². The Morgan fingerprint density at radius 2 is 1.93 bits per heavy atom. The van der Waals surface area contributed by atoms with Gasteiger partial charge in [-0.1, -0.05) is 35.3 Å². The molecular formula is C20H20Cl2N4O2S. The van der Waals surface area contributed by atoms with Crippen molar-refractivity contribution in [1.82, 2.24) is 20.1 Å². The molecule has 0 aliphatic rings. The van der Waals surface area contributed by atoms with Crippen molar-refractivity contribution >= 4 is 40.4 Å². The van der Waals surface area contributed by atoms with Crippen molar-refractivity contribution in [1.29, 1.82) is 0 Å². The molecule has 0 bridgehead atoms. The number of benzene rings is 1. The molecule has 3 aromatic rings. The molecule has 0 saturated carbocycles. The Morgan fingerprint density at radius 1 is 1.21 bits per heavy atom. The number of nitrogens with zero attached hydrogens (tertiary/aromatic N) is 3. The average Bonchev–Trinajstić information content (AvgIpc) is 3.05. The van der Waals surface area contributed by atoms with Crippen molar-refractivity contribution in [2.24, 2.45) is 7.05 Å². The third-order valence-electron chi connectivity index (χ3n) is 4.65. The van der Waals surface area contributed by atoms with E-state index in [0.717, 1.165) is 16.8 Å². The SMILES string of the molecule is Cc1nc(-c2c(C)c(C)nn(C)c2=O)sc1C(=O)NCCc1cccc(Cl)c1Cl. The van der Waals surface area contributed by atoms with E-state index in [9.17, 15) is 9.59 Å². The number of halogens is 2. The number of carbonyl (C=O) groups excluding carboxylic acids is 1. The highest BCUT2D eigenvalue weighted by Gasteiger charge is 2.21. The van der Waals surface area contributed by atoms with Gasteiger partial charge in [0.25, 0.3) is 11.5 Å². The van der Waals surface area contributed by atoms with Gasteiger partial charge in [-0.05, 0) is 44.4 Å². The molecule has 0 atom stereocenters. The third-order valence-corrected chi connectivity index (χ3v) is 6.69. The van der Waals surface area contributed by atoms with Gasteiger partial charge in [0.2, 0.25) is 0 Å². The molecule has 0 spiro atoms. The summed E-state index contributed by atoms with van der Waals surface area (Å²) in [5.74, 6) is -0.232. The number of aryl methyl sites for hydroxylation is 3. The fraction of sp³-hybridized carbons (Fsp3) is 0.300. The van der Waals surface area contributed by atoms with Gasteiger partial charge in [0.15, 0.2) is 0 Å². The number of aromatic nitrogens is 3.